The molecule has 0 saturated carbocycles. The molecule has 1 fully saturated rings. The number of ether oxygens (including phenoxy) is 2. The Hall–Kier alpha value is 1.14. The molecule has 0 bridgehead atoms. The Morgan fingerprint density at radius 1 is 0.792 bits per heavy atom. The van der Waals surface area contributed by atoms with Crippen LogP contribution in [0.1, 0.15) is 0 Å². The molecule has 2 atom stereocenters. The van der Waals surface area contributed by atoms with Gasteiger partial charge in [0.15, 0.2) is 0 Å². The molecule has 0 spiro atoms. The van der Waals surface area contributed by atoms with E-state index in [0.717, 1.165) is 11.5 Å². The van der Waals surface area contributed by atoms with E-state index < -0.39 is 31.7 Å². The zero-order valence-corrected chi connectivity index (χ0v) is 17.5. The minimum atomic E-state index is -4.00. The summed E-state index contributed by atoms with van der Waals surface area (Å²) in [4.78, 5) is 0. The Morgan fingerprint density at radius 3 is 1.50 bits per heavy atom. The summed E-state index contributed by atoms with van der Waals surface area (Å²) in [5.74, 6) is 0.877. The molecule has 24 heavy (non-hydrogen) atoms. The van der Waals surface area contributed by atoms with E-state index in [1.54, 1.807) is 43.2 Å². The third kappa shape index (κ3) is 13.4. The predicted molar refractivity (Wildman–Crippen MR) is 102 cm³/mol. The normalized spacial score (nSPS) is 23.6. The third-order valence-electron chi connectivity index (χ3n) is 2.50. The van der Waals surface area contributed by atoms with Gasteiger partial charge in [0.1, 0.15) is 0 Å². The van der Waals surface area contributed by atoms with Crippen LogP contribution in [-0.4, -0.2) is 85.9 Å². The fourth-order valence-electron chi connectivity index (χ4n) is 1.37. The molecule has 2 N–H and O–H groups in total. The van der Waals surface area contributed by atoms with Crippen molar-refractivity contribution < 1.29 is 35.4 Å². The van der Waals surface area contributed by atoms with Gasteiger partial charge >= 0.3 is 0 Å². The molecule has 0 aromatic rings. The van der Waals surface area contributed by atoms with E-state index in [9.17, 15) is 16.8 Å². The van der Waals surface area contributed by atoms with Gasteiger partial charge in [0.2, 0.25) is 0 Å². The van der Waals surface area contributed by atoms with E-state index >= 15 is 0 Å². The van der Waals surface area contributed by atoms with Crippen LogP contribution in [0.2, 0.25) is 0 Å². The van der Waals surface area contributed by atoms with Crippen LogP contribution in [-0.2, 0) is 29.7 Å². The van der Waals surface area contributed by atoms with Gasteiger partial charge in [-0.25, -0.2) is 0 Å². The second-order valence-corrected chi connectivity index (χ2v) is 13.3. The van der Waals surface area contributed by atoms with Crippen molar-refractivity contribution in [1.29, 1.82) is 0 Å². The van der Waals surface area contributed by atoms with Crippen LogP contribution in [0.4, 0.5) is 0 Å². The average Bonchev–Trinajstić information content (AvgIpc) is 2.41. The fourth-order valence-corrected chi connectivity index (χ4v) is 8.54. The maximum atomic E-state index is 10.6. The number of hydrogen-bond acceptors (Lipinski definition) is 10. The van der Waals surface area contributed by atoms with Gasteiger partial charge in [0.25, 0.3) is 20.2 Å². The molecule has 1 heterocycles. The number of hydrogen-bond donors (Lipinski definition) is 2. The first-order valence-corrected chi connectivity index (χ1v) is 14.8. The summed E-state index contributed by atoms with van der Waals surface area (Å²) in [5, 5.41) is 0.351. The van der Waals surface area contributed by atoms with E-state index in [4.69, 9.17) is 18.6 Å². The topological polar surface area (TPSA) is 127 Å². The molecule has 14 heteroatoms. The molecule has 1 rings (SSSR count). The lowest BCUT2D eigenvalue weighted by molar-refractivity contribution is 0.152. The average molecular weight is 461 g/mol. The van der Waals surface area contributed by atoms with Crippen LogP contribution in [0, 0.1) is 0 Å². The second kappa shape index (κ2) is 11.8. The van der Waals surface area contributed by atoms with Gasteiger partial charge in [0, 0.05) is 22.0 Å². The standard InChI is InChI=1S/C10H20O8S6/c11-23(12,13)3-1-17-5-9-7-19-20-8-10(22-21-9)6-18-2-4-24(14,15)16/h9-10H,1-8H2,(H,11,12,13)(H,14,15,16). The van der Waals surface area contributed by atoms with Crippen molar-refractivity contribution in [2.24, 2.45) is 0 Å². The highest BCUT2D eigenvalue weighted by molar-refractivity contribution is 8.80. The molecule has 1 aliphatic rings. The lowest BCUT2D eigenvalue weighted by Crippen LogP contribution is -2.22. The summed E-state index contributed by atoms with van der Waals surface area (Å²) in [6.07, 6.45) is 0. The van der Waals surface area contributed by atoms with E-state index in [1.807, 2.05) is 0 Å². The Kier molecular flexibility index (Phi) is 11.4. The summed E-state index contributed by atoms with van der Waals surface area (Å²) in [6.45, 7) is 0.690. The van der Waals surface area contributed by atoms with Crippen LogP contribution < -0.4 is 0 Å². The monoisotopic (exact) mass is 460 g/mol. The Labute approximate surface area is 158 Å². The van der Waals surface area contributed by atoms with Crippen LogP contribution in [0.15, 0.2) is 0 Å². The van der Waals surface area contributed by atoms with Gasteiger partial charge in [-0.3, -0.25) is 9.11 Å². The van der Waals surface area contributed by atoms with Crippen molar-refractivity contribution in [3.8, 4) is 0 Å². The maximum Gasteiger partial charge on any atom is 0.267 e. The van der Waals surface area contributed by atoms with E-state index in [1.165, 1.54) is 0 Å². The zero-order valence-electron chi connectivity index (χ0n) is 12.6. The molecule has 144 valence electrons. The van der Waals surface area contributed by atoms with Crippen molar-refractivity contribution in [2.75, 3.05) is 49.4 Å². The first-order valence-electron chi connectivity index (χ1n) is 6.78. The van der Waals surface area contributed by atoms with E-state index in [0.29, 0.717) is 13.2 Å². The molecule has 0 aromatic carbocycles. The van der Waals surface area contributed by atoms with Crippen LogP contribution in [0.5, 0.6) is 0 Å². The smallest absolute Gasteiger partial charge is 0.267 e. The van der Waals surface area contributed by atoms with Crippen LogP contribution >= 0.6 is 43.2 Å². The van der Waals surface area contributed by atoms with E-state index in [2.05, 4.69) is 0 Å². The van der Waals surface area contributed by atoms with Gasteiger partial charge in [-0.1, -0.05) is 43.2 Å². The van der Waals surface area contributed by atoms with Crippen molar-refractivity contribution in [2.45, 2.75) is 10.5 Å². The molecular formula is C10H20O8S6. The highest BCUT2D eigenvalue weighted by Gasteiger charge is 2.20. The van der Waals surface area contributed by atoms with Gasteiger partial charge in [-0.2, -0.15) is 16.8 Å². The fraction of sp³-hybridized carbons (Fsp3) is 1.00. The number of rotatable bonds is 10. The molecular weight excluding hydrogens is 441 g/mol. The molecule has 0 aromatic heterocycles. The van der Waals surface area contributed by atoms with Gasteiger partial charge in [0.05, 0.1) is 37.9 Å². The van der Waals surface area contributed by atoms with Gasteiger partial charge in [-0.05, 0) is 0 Å². The quantitative estimate of drug-likeness (QED) is 0.277. The molecule has 1 aliphatic heterocycles. The summed E-state index contributed by atoms with van der Waals surface area (Å²) < 4.78 is 70.3. The Bertz CT molecular complexity index is 500. The third-order valence-corrected chi connectivity index (χ3v) is 10.1. The largest absolute Gasteiger partial charge is 0.379 e. The predicted octanol–water partition coefficient (Wildman–Crippen LogP) is 1.31. The van der Waals surface area contributed by atoms with E-state index in [-0.39, 0.29) is 23.7 Å². The van der Waals surface area contributed by atoms with Gasteiger partial charge < -0.3 is 9.47 Å². The lowest BCUT2D eigenvalue weighted by Gasteiger charge is -2.23. The first kappa shape index (κ1) is 23.2. The summed E-state index contributed by atoms with van der Waals surface area (Å²) in [5.41, 5.74) is 0. The molecule has 0 aliphatic carbocycles. The molecule has 2 unspecified atom stereocenters. The lowest BCUT2D eigenvalue weighted by atomic mass is 10.5. The highest BCUT2D eigenvalue weighted by Crippen LogP contribution is 2.41. The SMILES string of the molecule is O=S(=O)(O)CCOCC1CSSCC(COCCS(=O)(=O)O)SS1. The summed E-state index contributed by atoms with van der Waals surface area (Å²) >= 11 is 0. The molecule has 1 saturated heterocycles. The minimum absolute atomic E-state index is 0.0411. The molecule has 8 nitrogen and oxygen atoms in total. The highest BCUT2D eigenvalue weighted by atomic mass is 33.1. The van der Waals surface area contributed by atoms with Crippen molar-refractivity contribution in [1.82, 2.24) is 0 Å². The zero-order chi connectivity index (χ0) is 18.1. The molecule has 0 amide bonds. The van der Waals surface area contributed by atoms with Crippen molar-refractivity contribution >= 4 is 63.4 Å². The molecule has 0 radical (unpaired) electrons. The van der Waals surface area contributed by atoms with Crippen molar-refractivity contribution in [3.05, 3.63) is 0 Å². The maximum absolute atomic E-state index is 10.6. The van der Waals surface area contributed by atoms with Crippen LogP contribution in [0.3, 0.4) is 0 Å². The second-order valence-electron chi connectivity index (χ2n) is 4.73. The Balaban J connectivity index is 2.22. The Morgan fingerprint density at radius 2 is 1.17 bits per heavy atom. The summed E-state index contributed by atoms with van der Waals surface area (Å²) in [6, 6.07) is 0. The minimum Gasteiger partial charge on any atom is -0.379 e. The van der Waals surface area contributed by atoms with Crippen LogP contribution in [0.25, 0.3) is 0 Å². The van der Waals surface area contributed by atoms with Gasteiger partial charge in [-0.15, -0.1) is 0 Å². The summed E-state index contributed by atoms with van der Waals surface area (Å²) in [7, 11) is -1.36. The first-order chi connectivity index (χ1) is 11.2. The van der Waals surface area contributed by atoms with Crippen molar-refractivity contribution in [3.63, 3.8) is 0 Å².